The SMILES string of the molecule is COc1ccc([N+](=O)[O-])cc1CN1CC(C)CC(N)C1. The van der Waals surface area contributed by atoms with Gasteiger partial charge in [-0.1, -0.05) is 6.92 Å². The maximum atomic E-state index is 10.9. The summed E-state index contributed by atoms with van der Waals surface area (Å²) in [5.74, 6) is 1.23. The summed E-state index contributed by atoms with van der Waals surface area (Å²) >= 11 is 0. The number of hydrogen-bond donors (Lipinski definition) is 1. The highest BCUT2D eigenvalue weighted by Gasteiger charge is 2.23. The molecule has 1 fully saturated rings. The monoisotopic (exact) mass is 279 g/mol. The minimum absolute atomic E-state index is 0.0927. The van der Waals surface area contributed by atoms with Crippen LogP contribution in [0.15, 0.2) is 18.2 Å². The van der Waals surface area contributed by atoms with Crippen molar-refractivity contribution in [1.82, 2.24) is 4.90 Å². The molecule has 0 aromatic heterocycles. The Balaban J connectivity index is 2.18. The van der Waals surface area contributed by atoms with Gasteiger partial charge in [-0.2, -0.15) is 0 Å². The van der Waals surface area contributed by atoms with Crippen LogP contribution in [0.4, 0.5) is 5.69 Å². The lowest BCUT2D eigenvalue weighted by atomic mass is 9.96. The van der Waals surface area contributed by atoms with Crippen molar-refractivity contribution in [2.45, 2.75) is 25.9 Å². The van der Waals surface area contributed by atoms with Crippen molar-refractivity contribution in [3.63, 3.8) is 0 Å². The zero-order chi connectivity index (χ0) is 14.7. The van der Waals surface area contributed by atoms with Crippen LogP contribution < -0.4 is 10.5 Å². The molecule has 1 aromatic rings. The van der Waals surface area contributed by atoms with Crippen molar-refractivity contribution >= 4 is 5.69 Å². The van der Waals surface area contributed by atoms with Gasteiger partial charge in [0.2, 0.25) is 0 Å². The first-order chi connectivity index (χ1) is 9.49. The van der Waals surface area contributed by atoms with E-state index in [1.54, 1.807) is 19.2 Å². The fourth-order valence-electron chi connectivity index (χ4n) is 2.88. The normalized spacial score (nSPS) is 23.6. The Hall–Kier alpha value is -1.66. The minimum atomic E-state index is -0.381. The third-order valence-electron chi connectivity index (χ3n) is 3.64. The molecule has 0 aliphatic carbocycles. The maximum absolute atomic E-state index is 10.9. The Labute approximate surface area is 118 Å². The molecule has 0 bridgehead atoms. The number of nitrogens with two attached hydrogens (primary N) is 1. The van der Waals surface area contributed by atoms with Gasteiger partial charge < -0.3 is 10.5 Å². The zero-order valence-corrected chi connectivity index (χ0v) is 11.9. The molecule has 1 saturated heterocycles. The fraction of sp³-hybridized carbons (Fsp3) is 0.571. The summed E-state index contributed by atoms with van der Waals surface area (Å²) in [7, 11) is 1.58. The molecule has 1 aromatic carbocycles. The fourth-order valence-corrected chi connectivity index (χ4v) is 2.88. The van der Waals surface area contributed by atoms with E-state index in [0.717, 1.165) is 25.1 Å². The summed E-state index contributed by atoms with van der Waals surface area (Å²) in [5.41, 5.74) is 6.97. The number of likely N-dealkylation sites (tertiary alicyclic amines) is 1. The van der Waals surface area contributed by atoms with Gasteiger partial charge in [-0.3, -0.25) is 15.0 Å². The van der Waals surface area contributed by atoms with Crippen LogP contribution in [0.1, 0.15) is 18.9 Å². The maximum Gasteiger partial charge on any atom is 0.270 e. The quantitative estimate of drug-likeness (QED) is 0.671. The molecule has 2 atom stereocenters. The van der Waals surface area contributed by atoms with Gasteiger partial charge in [0, 0.05) is 43.4 Å². The number of benzene rings is 1. The van der Waals surface area contributed by atoms with Gasteiger partial charge >= 0.3 is 0 Å². The first-order valence-corrected chi connectivity index (χ1v) is 6.79. The minimum Gasteiger partial charge on any atom is -0.496 e. The van der Waals surface area contributed by atoms with E-state index >= 15 is 0 Å². The molecule has 2 unspecified atom stereocenters. The van der Waals surface area contributed by atoms with Crippen molar-refractivity contribution in [3.8, 4) is 5.75 Å². The second-order valence-corrected chi connectivity index (χ2v) is 5.55. The second-order valence-electron chi connectivity index (χ2n) is 5.55. The highest BCUT2D eigenvalue weighted by molar-refractivity contribution is 5.43. The van der Waals surface area contributed by atoms with Gasteiger partial charge in [-0.25, -0.2) is 0 Å². The molecule has 6 nitrogen and oxygen atoms in total. The van der Waals surface area contributed by atoms with E-state index in [0.29, 0.717) is 18.2 Å². The molecule has 2 rings (SSSR count). The number of hydrogen-bond acceptors (Lipinski definition) is 5. The van der Waals surface area contributed by atoms with Crippen LogP contribution in [-0.2, 0) is 6.54 Å². The standard InChI is InChI=1S/C14H21N3O3/c1-10-5-12(15)9-16(7-10)8-11-6-13(17(18)19)3-4-14(11)20-2/h3-4,6,10,12H,5,7-9,15H2,1-2H3. The molecular formula is C14H21N3O3. The predicted molar refractivity (Wildman–Crippen MR) is 76.7 cm³/mol. The smallest absolute Gasteiger partial charge is 0.270 e. The Kier molecular flexibility index (Phi) is 4.57. The molecule has 0 radical (unpaired) electrons. The lowest BCUT2D eigenvalue weighted by Gasteiger charge is -2.34. The molecule has 0 saturated carbocycles. The van der Waals surface area contributed by atoms with Gasteiger partial charge in [-0.05, 0) is 18.4 Å². The van der Waals surface area contributed by atoms with Gasteiger partial charge in [-0.15, -0.1) is 0 Å². The molecular weight excluding hydrogens is 258 g/mol. The number of methoxy groups -OCH3 is 1. The summed E-state index contributed by atoms with van der Waals surface area (Å²) < 4.78 is 5.29. The lowest BCUT2D eigenvalue weighted by molar-refractivity contribution is -0.385. The van der Waals surface area contributed by atoms with Crippen LogP contribution >= 0.6 is 0 Å². The van der Waals surface area contributed by atoms with Crippen LogP contribution in [0.2, 0.25) is 0 Å². The Morgan fingerprint density at radius 2 is 2.25 bits per heavy atom. The second kappa shape index (κ2) is 6.19. The van der Waals surface area contributed by atoms with Gasteiger partial charge in [0.1, 0.15) is 5.75 Å². The van der Waals surface area contributed by atoms with Crippen molar-refractivity contribution in [3.05, 3.63) is 33.9 Å². The molecule has 110 valence electrons. The average molecular weight is 279 g/mol. The third-order valence-corrected chi connectivity index (χ3v) is 3.64. The highest BCUT2D eigenvalue weighted by atomic mass is 16.6. The molecule has 0 amide bonds. The first-order valence-electron chi connectivity index (χ1n) is 6.79. The Morgan fingerprint density at radius 1 is 1.50 bits per heavy atom. The van der Waals surface area contributed by atoms with Crippen molar-refractivity contribution < 1.29 is 9.66 Å². The number of non-ortho nitro benzene ring substituents is 1. The van der Waals surface area contributed by atoms with Crippen LogP contribution in [0.5, 0.6) is 5.75 Å². The van der Waals surface area contributed by atoms with E-state index < -0.39 is 0 Å². The van der Waals surface area contributed by atoms with Gasteiger partial charge in [0.15, 0.2) is 0 Å². The average Bonchev–Trinajstić information content (AvgIpc) is 2.37. The largest absolute Gasteiger partial charge is 0.496 e. The Morgan fingerprint density at radius 3 is 2.85 bits per heavy atom. The number of nitro groups is 1. The van der Waals surface area contributed by atoms with Crippen molar-refractivity contribution in [2.24, 2.45) is 11.7 Å². The molecule has 1 aliphatic rings. The molecule has 2 N–H and O–H groups in total. The number of piperidine rings is 1. The molecule has 1 heterocycles. The molecule has 0 spiro atoms. The number of nitro benzene ring substituents is 1. The predicted octanol–water partition coefficient (Wildman–Crippen LogP) is 1.77. The van der Waals surface area contributed by atoms with Gasteiger partial charge in [0.25, 0.3) is 5.69 Å². The molecule has 1 aliphatic heterocycles. The first kappa shape index (κ1) is 14.7. The lowest BCUT2D eigenvalue weighted by Crippen LogP contribution is -2.45. The van der Waals surface area contributed by atoms with E-state index in [2.05, 4.69) is 11.8 Å². The van der Waals surface area contributed by atoms with E-state index in [1.165, 1.54) is 6.07 Å². The Bertz CT molecular complexity index is 483. The van der Waals surface area contributed by atoms with E-state index in [4.69, 9.17) is 10.5 Å². The van der Waals surface area contributed by atoms with Crippen LogP contribution in [0, 0.1) is 16.0 Å². The van der Waals surface area contributed by atoms with E-state index in [9.17, 15) is 10.1 Å². The van der Waals surface area contributed by atoms with Crippen LogP contribution in [0.25, 0.3) is 0 Å². The number of nitrogens with zero attached hydrogens (tertiary/aromatic N) is 2. The summed E-state index contributed by atoms with van der Waals surface area (Å²) in [5, 5.41) is 10.9. The zero-order valence-electron chi connectivity index (χ0n) is 11.9. The summed E-state index contributed by atoms with van der Waals surface area (Å²) in [6, 6.07) is 4.88. The highest BCUT2D eigenvalue weighted by Crippen LogP contribution is 2.27. The molecule has 20 heavy (non-hydrogen) atoms. The van der Waals surface area contributed by atoms with Crippen LogP contribution in [0.3, 0.4) is 0 Å². The third kappa shape index (κ3) is 3.46. The van der Waals surface area contributed by atoms with Gasteiger partial charge in [0.05, 0.1) is 12.0 Å². The number of ether oxygens (including phenoxy) is 1. The van der Waals surface area contributed by atoms with E-state index in [-0.39, 0.29) is 16.7 Å². The van der Waals surface area contributed by atoms with Crippen LogP contribution in [-0.4, -0.2) is 36.1 Å². The van der Waals surface area contributed by atoms with E-state index in [1.807, 2.05) is 0 Å². The summed E-state index contributed by atoms with van der Waals surface area (Å²) in [6.07, 6.45) is 1.03. The topological polar surface area (TPSA) is 81.6 Å². The number of rotatable bonds is 4. The molecule has 6 heteroatoms. The van der Waals surface area contributed by atoms with Crippen molar-refractivity contribution in [1.29, 1.82) is 0 Å². The summed E-state index contributed by atoms with van der Waals surface area (Å²) in [4.78, 5) is 12.7. The van der Waals surface area contributed by atoms with Crippen molar-refractivity contribution in [2.75, 3.05) is 20.2 Å². The summed E-state index contributed by atoms with van der Waals surface area (Å²) in [6.45, 7) is 4.58.